The minimum Gasteiger partial charge on any atom is -0.370 e. The van der Waals surface area contributed by atoms with E-state index in [1.165, 1.54) is 0 Å². The summed E-state index contributed by atoms with van der Waals surface area (Å²) < 4.78 is 24.6. The second-order valence-electron chi connectivity index (χ2n) is 2.83. The molecule has 0 bridgehead atoms. The number of primary amides is 1. The van der Waals surface area contributed by atoms with Crippen LogP contribution in [0, 0.1) is 0 Å². The Labute approximate surface area is 89.0 Å². The van der Waals surface area contributed by atoms with E-state index in [9.17, 15) is 13.2 Å². The van der Waals surface area contributed by atoms with Crippen molar-refractivity contribution < 1.29 is 13.2 Å². The Morgan fingerprint density at radius 2 is 2.00 bits per heavy atom. The van der Waals surface area contributed by atoms with E-state index in [0.29, 0.717) is 18.7 Å². The van der Waals surface area contributed by atoms with E-state index in [0.717, 1.165) is 0 Å². The maximum absolute atomic E-state index is 11.2. The van der Waals surface area contributed by atoms with Crippen molar-refractivity contribution in [2.75, 3.05) is 18.2 Å². The van der Waals surface area contributed by atoms with Gasteiger partial charge in [0.05, 0.1) is 5.75 Å². The van der Waals surface area contributed by atoms with Gasteiger partial charge in [0.2, 0.25) is 15.9 Å². The summed E-state index contributed by atoms with van der Waals surface area (Å²) in [5.74, 6) is -0.0246. The predicted octanol–water partition coefficient (Wildman–Crippen LogP) is -0.200. The summed E-state index contributed by atoms with van der Waals surface area (Å²) in [5, 5.41) is 0. The first-order chi connectivity index (χ1) is 6.48. The minimum atomic E-state index is -3.27. The van der Waals surface area contributed by atoms with Crippen LogP contribution in [0.3, 0.4) is 0 Å². The lowest BCUT2D eigenvalue weighted by Gasteiger charge is -2.04. The number of nitrogens with two attached hydrogens (primary N) is 1. The lowest BCUT2D eigenvalue weighted by molar-refractivity contribution is -0.117. The van der Waals surface area contributed by atoms with Crippen molar-refractivity contribution in [3.63, 3.8) is 0 Å². The van der Waals surface area contributed by atoms with Crippen molar-refractivity contribution in [2.24, 2.45) is 5.73 Å². The Hall–Kier alpha value is -0.330. The Morgan fingerprint density at radius 1 is 1.36 bits per heavy atom. The third-order valence-corrected chi connectivity index (χ3v) is 3.23. The summed E-state index contributed by atoms with van der Waals surface area (Å²) >= 11 is 5.40. The van der Waals surface area contributed by atoms with Crippen molar-refractivity contribution >= 4 is 27.5 Å². The van der Waals surface area contributed by atoms with Crippen LogP contribution in [0.2, 0.25) is 0 Å². The highest BCUT2D eigenvalue weighted by molar-refractivity contribution is 7.89. The molecule has 0 aliphatic carbocycles. The molecule has 0 atom stereocenters. The van der Waals surface area contributed by atoms with Gasteiger partial charge >= 0.3 is 0 Å². The van der Waals surface area contributed by atoms with Gasteiger partial charge in [-0.05, 0) is 12.8 Å². The normalized spacial score (nSPS) is 11.5. The third-order valence-electron chi connectivity index (χ3n) is 1.49. The van der Waals surface area contributed by atoms with Crippen LogP contribution in [0.1, 0.15) is 19.3 Å². The number of unbranched alkanes of at least 4 members (excludes halogenated alkanes) is 1. The van der Waals surface area contributed by atoms with Crippen LogP contribution < -0.4 is 10.5 Å². The van der Waals surface area contributed by atoms with E-state index in [1.807, 2.05) is 0 Å². The van der Waals surface area contributed by atoms with Crippen LogP contribution in [0.5, 0.6) is 0 Å². The molecule has 84 valence electrons. The summed E-state index contributed by atoms with van der Waals surface area (Å²) in [6.45, 7) is 0.0680. The van der Waals surface area contributed by atoms with Crippen LogP contribution in [-0.4, -0.2) is 32.5 Å². The van der Waals surface area contributed by atoms with Crippen LogP contribution in [0.4, 0.5) is 0 Å². The minimum absolute atomic E-state index is 0.0226. The highest BCUT2D eigenvalue weighted by Gasteiger charge is 2.08. The zero-order valence-corrected chi connectivity index (χ0v) is 9.40. The number of nitrogens with one attached hydrogen (secondary N) is 1. The van der Waals surface area contributed by atoms with E-state index in [-0.39, 0.29) is 18.7 Å². The molecule has 3 N–H and O–H groups in total. The standard InChI is InChI=1S/C7H15ClN2O3S/c8-4-1-2-6-14(12,13)10-5-3-7(9)11/h10H,1-6H2,(H2,9,11). The highest BCUT2D eigenvalue weighted by atomic mass is 35.5. The monoisotopic (exact) mass is 242 g/mol. The van der Waals surface area contributed by atoms with E-state index in [4.69, 9.17) is 17.3 Å². The average Bonchev–Trinajstić information content (AvgIpc) is 2.03. The number of rotatable bonds is 8. The van der Waals surface area contributed by atoms with Crippen molar-refractivity contribution in [1.82, 2.24) is 4.72 Å². The van der Waals surface area contributed by atoms with Gasteiger partial charge in [-0.2, -0.15) is 0 Å². The fourth-order valence-electron chi connectivity index (χ4n) is 0.788. The van der Waals surface area contributed by atoms with E-state index >= 15 is 0 Å². The fraction of sp³-hybridized carbons (Fsp3) is 0.857. The van der Waals surface area contributed by atoms with Gasteiger partial charge in [0.1, 0.15) is 0 Å². The fourth-order valence-corrected chi connectivity index (χ4v) is 2.12. The smallest absolute Gasteiger partial charge is 0.218 e. The molecule has 0 saturated heterocycles. The largest absolute Gasteiger partial charge is 0.370 e. The number of hydrogen-bond acceptors (Lipinski definition) is 3. The quantitative estimate of drug-likeness (QED) is 0.456. The van der Waals surface area contributed by atoms with Gasteiger partial charge in [-0.25, -0.2) is 13.1 Å². The van der Waals surface area contributed by atoms with Crippen molar-refractivity contribution in [1.29, 1.82) is 0 Å². The molecule has 0 saturated carbocycles. The summed E-state index contributed by atoms with van der Waals surface area (Å²) in [7, 11) is -3.27. The maximum Gasteiger partial charge on any atom is 0.218 e. The molecule has 0 rings (SSSR count). The first-order valence-electron chi connectivity index (χ1n) is 4.29. The van der Waals surface area contributed by atoms with E-state index < -0.39 is 15.9 Å². The summed E-state index contributed by atoms with van der Waals surface area (Å²) in [4.78, 5) is 10.3. The van der Waals surface area contributed by atoms with Gasteiger partial charge in [0, 0.05) is 18.8 Å². The van der Waals surface area contributed by atoms with Gasteiger partial charge in [-0.3, -0.25) is 4.79 Å². The topological polar surface area (TPSA) is 89.3 Å². The van der Waals surface area contributed by atoms with Crippen molar-refractivity contribution in [2.45, 2.75) is 19.3 Å². The molecule has 0 aromatic heterocycles. The van der Waals surface area contributed by atoms with E-state index in [1.54, 1.807) is 0 Å². The molecule has 14 heavy (non-hydrogen) atoms. The van der Waals surface area contributed by atoms with Gasteiger partial charge in [-0.15, -0.1) is 11.6 Å². The highest BCUT2D eigenvalue weighted by Crippen LogP contribution is 1.96. The molecule has 5 nitrogen and oxygen atoms in total. The predicted molar refractivity (Wildman–Crippen MR) is 55.6 cm³/mol. The first kappa shape index (κ1) is 13.7. The molecule has 0 heterocycles. The molecule has 7 heteroatoms. The molecule has 0 unspecified atom stereocenters. The van der Waals surface area contributed by atoms with Crippen molar-refractivity contribution in [3.05, 3.63) is 0 Å². The Morgan fingerprint density at radius 3 is 2.50 bits per heavy atom. The number of alkyl halides is 1. The van der Waals surface area contributed by atoms with Gasteiger partial charge < -0.3 is 5.73 Å². The molecule has 0 spiro atoms. The molecule has 0 aliphatic rings. The van der Waals surface area contributed by atoms with Crippen LogP contribution in [0.15, 0.2) is 0 Å². The van der Waals surface area contributed by atoms with Gasteiger partial charge in [0.25, 0.3) is 0 Å². The summed E-state index contributed by atoms with van der Waals surface area (Å²) in [5.41, 5.74) is 4.85. The van der Waals surface area contributed by atoms with Gasteiger partial charge in [-0.1, -0.05) is 0 Å². The average molecular weight is 243 g/mol. The van der Waals surface area contributed by atoms with Crippen molar-refractivity contribution in [3.8, 4) is 0 Å². The maximum atomic E-state index is 11.2. The molecule has 1 amide bonds. The zero-order valence-electron chi connectivity index (χ0n) is 7.83. The number of carbonyl (C=O) groups excluding carboxylic acids is 1. The van der Waals surface area contributed by atoms with Crippen LogP contribution in [0.25, 0.3) is 0 Å². The lowest BCUT2D eigenvalue weighted by Crippen LogP contribution is -2.29. The lowest BCUT2D eigenvalue weighted by atomic mass is 10.4. The molecular formula is C7H15ClN2O3S. The second-order valence-corrected chi connectivity index (χ2v) is 5.13. The van der Waals surface area contributed by atoms with Crippen LogP contribution in [-0.2, 0) is 14.8 Å². The third kappa shape index (κ3) is 8.28. The van der Waals surface area contributed by atoms with E-state index in [2.05, 4.69) is 4.72 Å². The number of halogens is 1. The number of carbonyl (C=O) groups is 1. The molecule has 0 aromatic rings. The molecular weight excluding hydrogens is 228 g/mol. The molecule has 0 aromatic carbocycles. The summed E-state index contributed by atoms with van der Waals surface area (Å²) in [6, 6.07) is 0. The zero-order chi connectivity index (χ0) is 11.0. The number of sulfonamides is 1. The molecule has 0 radical (unpaired) electrons. The molecule has 0 fully saturated rings. The number of hydrogen-bond donors (Lipinski definition) is 2. The summed E-state index contributed by atoms with van der Waals surface area (Å²) in [6.07, 6.45) is 1.21. The van der Waals surface area contributed by atoms with Gasteiger partial charge in [0.15, 0.2) is 0 Å². The Bertz CT molecular complexity index is 266. The second kappa shape index (κ2) is 7.03. The first-order valence-corrected chi connectivity index (χ1v) is 6.48. The Kier molecular flexibility index (Phi) is 6.86. The number of amides is 1. The SMILES string of the molecule is NC(=O)CCNS(=O)(=O)CCCCCl. The molecule has 0 aliphatic heterocycles. The Balaban J connectivity index is 3.67. The van der Waals surface area contributed by atoms with Crippen LogP contribution >= 0.6 is 11.6 Å².